The zero-order valence-corrected chi connectivity index (χ0v) is 12.3. The number of pyridine rings is 1. The fourth-order valence-electron chi connectivity index (χ4n) is 1.94. The largest absolute Gasteiger partial charge is 0.384 e. The van der Waals surface area contributed by atoms with Crippen molar-refractivity contribution < 1.29 is 14.0 Å². The fraction of sp³-hybridized carbons (Fsp3) is 0.125. The minimum absolute atomic E-state index is 0.0313. The number of benzene rings is 1. The van der Waals surface area contributed by atoms with Crippen molar-refractivity contribution in [2.24, 2.45) is 5.73 Å². The van der Waals surface area contributed by atoms with E-state index in [1.165, 1.54) is 24.6 Å². The van der Waals surface area contributed by atoms with Gasteiger partial charge >= 0.3 is 0 Å². The van der Waals surface area contributed by atoms with Crippen molar-refractivity contribution >= 4 is 17.6 Å². The first-order chi connectivity index (χ1) is 11.0. The van der Waals surface area contributed by atoms with E-state index in [9.17, 15) is 14.0 Å². The molecule has 119 valence electrons. The average molecular weight is 315 g/mol. The van der Waals surface area contributed by atoms with E-state index < -0.39 is 5.91 Å². The summed E-state index contributed by atoms with van der Waals surface area (Å²) in [6.45, 7) is 0.101. The Morgan fingerprint density at radius 2 is 1.87 bits per heavy atom. The van der Waals surface area contributed by atoms with Crippen molar-refractivity contribution in [1.29, 1.82) is 0 Å². The lowest BCUT2D eigenvalue weighted by Gasteiger charge is -2.08. The molecule has 23 heavy (non-hydrogen) atoms. The Morgan fingerprint density at radius 1 is 1.17 bits per heavy atom. The Morgan fingerprint density at radius 3 is 2.52 bits per heavy atom. The lowest BCUT2D eigenvalue weighted by atomic mass is 10.1. The fourth-order valence-corrected chi connectivity index (χ4v) is 1.94. The van der Waals surface area contributed by atoms with Crippen molar-refractivity contribution in [1.82, 2.24) is 10.3 Å². The van der Waals surface area contributed by atoms with Gasteiger partial charge < -0.3 is 16.8 Å². The van der Waals surface area contributed by atoms with Gasteiger partial charge in [0.05, 0.1) is 6.42 Å². The maximum Gasteiger partial charge on any atom is 0.267 e. The number of nitrogens with zero attached hydrogens (tertiary/aromatic N) is 1. The summed E-state index contributed by atoms with van der Waals surface area (Å²) >= 11 is 0. The van der Waals surface area contributed by atoms with Gasteiger partial charge in [0.1, 0.15) is 17.3 Å². The molecule has 1 radical (unpaired) electrons. The van der Waals surface area contributed by atoms with Crippen LogP contribution in [0, 0.1) is 12.2 Å². The lowest BCUT2D eigenvalue weighted by molar-refractivity contribution is -0.118. The number of halogens is 1. The third-order valence-electron chi connectivity index (χ3n) is 3.12. The van der Waals surface area contributed by atoms with Gasteiger partial charge in [0.25, 0.3) is 5.91 Å². The quantitative estimate of drug-likeness (QED) is 0.737. The number of nitrogens with one attached hydrogen (secondary N) is 1. The van der Waals surface area contributed by atoms with Crippen molar-refractivity contribution in [2.75, 3.05) is 5.73 Å². The monoisotopic (exact) mass is 315 g/mol. The highest BCUT2D eigenvalue weighted by molar-refractivity contribution is 5.93. The van der Waals surface area contributed by atoms with Crippen molar-refractivity contribution in [3.8, 4) is 0 Å². The van der Waals surface area contributed by atoms with Crippen molar-refractivity contribution in [2.45, 2.75) is 13.0 Å². The van der Waals surface area contributed by atoms with E-state index in [1.54, 1.807) is 18.2 Å². The molecule has 1 aromatic heterocycles. The van der Waals surface area contributed by atoms with Crippen LogP contribution in [0.2, 0.25) is 0 Å². The minimum atomic E-state index is -0.711. The topological polar surface area (TPSA) is 111 Å². The summed E-state index contributed by atoms with van der Waals surface area (Å²) in [6.07, 6.45) is 1.80. The molecular formula is C16H16FN4O2. The average Bonchev–Trinajstić information content (AvgIpc) is 2.53. The Balaban J connectivity index is 1.89. The minimum Gasteiger partial charge on any atom is -0.384 e. The molecule has 7 heteroatoms. The predicted molar refractivity (Wildman–Crippen MR) is 83.4 cm³/mol. The molecule has 0 aliphatic heterocycles. The number of amides is 2. The maximum absolute atomic E-state index is 12.8. The Kier molecular flexibility index (Phi) is 5.24. The van der Waals surface area contributed by atoms with Gasteiger partial charge in [-0.3, -0.25) is 9.59 Å². The number of aromatic nitrogens is 1. The Labute approximate surface area is 132 Å². The Bertz CT molecular complexity index is 717. The summed E-state index contributed by atoms with van der Waals surface area (Å²) in [7, 11) is 0. The SMILES string of the molecule is NC(=O)c1nc(N)ccc1CNC(=O)[CH]Cc1ccc(F)cc1. The van der Waals surface area contributed by atoms with E-state index in [4.69, 9.17) is 11.5 Å². The van der Waals surface area contributed by atoms with E-state index in [1.807, 2.05) is 0 Å². The molecule has 0 bridgehead atoms. The molecular weight excluding hydrogens is 299 g/mol. The molecule has 2 amide bonds. The molecule has 0 aliphatic rings. The van der Waals surface area contributed by atoms with Crippen LogP contribution in [0.1, 0.15) is 21.6 Å². The maximum atomic E-state index is 12.8. The summed E-state index contributed by atoms with van der Waals surface area (Å²) < 4.78 is 12.8. The molecule has 0 saturated carbocycles. The van der Waals surface area contributed by atoms with Crippen LogP contribution in [0.4, 0.5) is 10.2 Å². The molecule has 0 atom stereocenters. The third-order valence-corrected chi connectivity index (χ3v) is 3.12. The molecule has 6 nitrogen and oxygen atoms in total. The van der Waals surface area contributed by atoms with Crippen molar-refractivity contribution in [3.63, 3.8) is 0 Å². The molecule has 2 aromatic rings. The van der Waals surface area contributed by atoms with Crippen LogP contribution in [-0.4, -0.2) is 16.8 Å². The zero-order chi connectivity index (χ0) is 16.8. The van der Waals surface area contributed by atoms with Crippen LogP contribution in [0.3, 0.4) is 0 Å². The van der Waals surface area contributed by atoms with E-state index in [2.05, 4.69) is 10.3 Å². The second-order valence-electron chi connectivity index (χ2n) is 4.86. The van der Waals surface area contributed by atoms with Crippen LogP contribution in [0.15, 0.2) is 36.4 Å². The summed E-state index contributed by atoms with van der Waals surface area (Å²) in [4.78, 5) is 27.0. The number of rotatable bonds is 6. The first-order valence-electron chi connectivity index (χ1n) is 6.86. The summed E-state index contributed by atoms with van der Waals surface area (Å²) in [6, 6.07) is 8.99. The Hall–Kier alpha value is -2.96. The number of hydrogen-bond donors (Lipinski definition) is 3. The van der Waals surface area contributed by atoms with Crippen LogP contribution >= 0.6 is 0 Å². The van der Waals surface area contributed by atoms with Gasteiger partial charge in [-0.05, 0) is 30.2 Å². The number of primary amides is 1. The lowest BCUT2D eigenvalue weighted by Crippen LogP contribution is -2.26. The molecule has 0 saturated heterocycles. The highest BCUT2D eigenvalue weighted by Gasteiger charge is 2.11. The zero-order valence-electron chi connectivity index (χ0n) is 12.3. The van der Waals surface area contributed by atoms with Crippen LogP contribution < -0.4 is 16.8 Å². The molecule has 0 unspecified atom stereocenters. The van der Waals surface area contributed by atoms with E-state index in [0.29, 0.717) is 12.0 Å². The molecule has 0 spiro atoms. The molecule has 5 N–H and O–H groups in total. The molecule has 2 rings (SSSR count). The molecule has 1 aromatic carbocycles. The van der Waals surface area contributed by atoms with Gasteiger partial charge in [-0.15, -0.1) is 0 Å². The predicted octanol–water partition coefficient (Wildman–Crippen LogP) is 0.965. The molecule has 1 heterocycles. The van der Waals surface area contributed by atoms with Crippen LogP contribution in [0.5, 0.6) is 0 Å². The van der Waals surface area contributed by atoms with E-state index >= 15 is 0 Å². The number of nitrogen functional groups attached to an aromatic ring is 1. The normalized spacial score (nSPS) is 10.3. The van der Waals surface area contributed by atoms with Crippen LogP contribution in [-0.2, 0) is 17.8 Å². The molecule has 0 fully saturated rings. The van der Waals surface area contributed by atoms with E-state index in [-0.39, 0.29) is 29.8 Å². The van der Waals surface area contributed by atoms with Gasteiger partial charge in [-0.25, -0.2) is 9.37 Å². The summed E-state index contributed by atoms with van der Waals surface area (Å²) in [5, 5.41) is 2.64. The standard InChI is InChI=1S/C16H16FN4O2/c17-12-5-1-10(2-6-12)3-8-14(22)20-9-11-4-7-13(18)21-15(11)16(19)23/h1-2,4-8H,3,9H2,(H2,18,21)(H2,19,23)(H,20,22). The third kappa shape index (κ3) is 4.77. The number of nitrogens with two attached hydrogens (primary N) is 2. The second kappa shape index (κ2) is 7.35. The number of carbonyl (C=O) groups is 2. The highest BCUT2D eigenvalue weighted by atomic mass is 19.1. The van der Waals surface area contributed by atoms with Gasteiger partial charge in [0, 0.05) is 12.1 Å². The number of anilines is 1. The van der Waals surface area contributed by atoms with Gasteiger partial charge in [0.15, 0.2) is 0 Å². The molecule has 0 aliphatic carbocycles. The first kappa shape index (κ1) is 16.4. The number of carbonyl (C=O) groups excluding carboxylic acids is 2. The first-order valence-corrected chi connectivity index (χ1v) is 6.86. The second-order valence-corrected chi connectivity index (χ2v) is 4.86. The summed E-state index contributed by atoms with van der Waals surface area (Å²) in [5.74, 6) is -1.18. The summed E-state index contributed by atoms with van der Waals surface area (Å²) in [5.41, 5.74) is 12.1. The smallest absolute Gasteiger partial charge is 0.267 e. The highest BCUT2D eigenvalue weighted by Crippen LogP contribution is 2.09. The number of hydrogen-bond acceptors (Lipinski definition) is 4. The van der Waals surface area contributed by atoms with Gasteiger partial charge in [-0.2, -0.15) is 0 Å². The van der Waals surface area contributed by atoms with Crippen molar-refractivity contribution in [3.05, 3.63) is 65.5 Å². The van der Waals surface area contributed by atoms with Crippen LogP contribution in [0.25, 0.3) is 0 Å². The van der Waals surface area contributed by atoms with E-state index in [0.717, 1.165) is 5.56 Å². The van der Waals surface area contributed by atoms with Gasteiger partial charge in [-0.1, -0.05) is 18.2 Å². The van der Waals surface area contributed by atoms with Gasteiger partial charge in [0.2, 0.25) is 5.91 Å².